The summed E-state index contributed by atoms with van der Waals surface area (Å²) in [6.45, 7) is 4.08. The average molecular weight is 318 g/mol. The molecule has 1 fully saturated rings. The number of nitrogens with one attached hydrogen (secondary N) is 2. The molecule has 2 N–H and O–H groups in total. The molecule has 1 aliphatic rings. The van der Waals surface area contributed by atoms with E-state index in [1.54, 1.807) is 0 Å². The number of hydrogen-bond acceptors (Lipinski definition) is 4. The molecule has 0 saturated heterocycles. The van der Waals surface area contributed by atoms with Crippen LogP contribution in [0.2, 0.25) is 0 Å². The molecule has 0 atom stereocenters. The number of amides is 2. The highest BCUT2D eigenvalue weighted by Crippen LogP contribution is 2.18. The number of rotatable bonds is 10. The molecule has 21 heavy (non-hydrogen) atoms. The standard InChI is InChI=1S/C14H26N2O4S/c1-11(2)10-21(19,20)9-7-13(17)15-8-3-4-14(18)16-12-5-6-12/h11-12H,3-10H2,1-2H3,(H,15,17)(H,16,18). The van der Waals surface area contributed by atoms with E-state index >= 15 is 0 Å². The summed E-state index contributed by atoms with van der Waals surface area (Å²) in [5.74, 6) is -0.180. The van der Waals surface area contributed by atoms with E-state index < -0.39 is 9.84 Å². The van der Waals surface area contributed by atoms with E-state index in [9.17, 15) is 18.0 Å². The highest BCUT2D eigenvalue weighted by molar-refractivity contribution is 7.91. The minimum atomic E-state index is -3.15. The van der Waals surface area contributed by atoms with Gasteiger partial charge in [-0.25, -0.2) is 8.42 Å². The molecule has 0 radical (unpaired) electrons. The Bertz CT molecular complexity index is 456. The van der Waals surface area contributed by atoms with Gasteiger partial charge in [0.15, 0.2) is 9.84 Å². The van der Waals surface area contributed by atoms with E-state index in [1.165, 1.54) is 0 Å². The van der Waals surface area contributed by atoms with Gasteiger partial charge in [0, 0.05) is 25.4 Å². The highest BCUT2D eigenvalue weighted by atomic mass is 32.2. The Morgan fingerprint density at radius 1 is 1.14 bits per heavy atom. The lowest BCUT2D eigenvalue weighted by Crippen LogP contribution is -2.29. The highest BCUT2D eigenvalue weighted by Gasteiger charge is 2.22. The third kappa shape index (κ3) is 9.44. The van der Waals surface area contributed by atoms with Gasteiger partial charge in [-0.2, -0.15) is 0 Å². The van der Waals surface area contributed by atoms with E-state index in [2.05, 4.69) is 10.6 Å². The fraction of sp³-hybridized carbons (Fsp3) is 0.857. The van der Waals surface area contributed by atoms with Crippen LogP contribution in [0.15, 0.2) is 0 Å². The minimum absolute atomic E-state index is 0.0106. The predicted octanol–water partition coefficient (Wildman–Crippen LogP) is 0.622. The van der Waals surface area contributed by atoms with Gasteiger partial charge in [0.1, 0.15) is 0 Å². The molecular formula is C14H26N2O4S. The fourth-order valence-corrected chi connectivity index (χ4v) is 3.61. The first-order valence-electron chi connectivity index (χ1n) is 7.55. The Labute approximate surface area is 127 Å². The van der Waals surface area contributed by atoms with Crippen molar-refractivity contribution >= 4 is 21.7 Å². The molecule has 0 bridgehead atoms. The second-order valence-electron chi connectivity index (χ2n) is 6.05. The van der Waals surface area contributed by atoms with Crippen molar-refractivity contribution in [3.05, 3.63) is 0 Å². The monoisotopic (exact) mass is 318 g/mol. The van der Waals surface area contributed by atoms with Crippen molar-refractivity contribution in [2.24, 2.45) is 5.92 Å². The summed E-state index contributed by atoms with van der Waals surface area (Å²) in [5, 5.41) is 5.52. The van der Waals surface area contributed by atoms with Crippen LogP contribution in [0, 0.1) is 5.92 Å². The lowest BCUT2D eigenvalue weighted by Gasteiger charge is -2.08. The van der Waals surface area contributed by atoms with Gasteiger partial charge >= 0.3 is 0 Å². The number of carbonyl (C=O) groups excluding carboxylic acids is 2. The quantitative estimate of drug-likeness (QED) is 0.578. The molecule has 0 aliphatic heterocycles. The molecule has 0 aromatic rings. The van der Waals surface area contributed by atoms with E-state index in [0.29, 0.717) is 25.4 Å². The zero-order chi connectivity index (χ0) is 15.9. The molecule has 2 amide bonds. The van der Waals surface area contributed by atoms with Crippen LogP contribution in [0.5, 0.6) is 0 Å². The van der Waals surface area contributed by atoms with Crippen molar-refractivity contribution in [3.63, 3.8) is 0 Å². The van der Waals surface area contributed by atoms with Crippen LogP contribution in [0.1, 0.15) is 46.0 Å². The molecule has 122 valence electrons. The van der Waals surface area contributed by atoms with Crippen molar-refractivity contribution in [1.82, 2.24) is 10.6 Å². The Balaban J connectivity index is 2.06. The summed E-state index contributed by atoms with van der Waals surface area (Å²) in [7, 11) is -3.15. The molecule has 1 saturated carbocycles. The Kier molecular flexibility index (Phi) is 7.14. The third-order valence-electron chi connectivity index (χ3n) is 3.07. The second kappa shape index (κ2) is 8.36. The molecular weight excluding hydrogens is 292 g/mol. The van der Waals surface area contributed by atoms with Crippen LogP contribution in [0.4, 0.5) is 0 Å². The number of hydrogen-bond donors (Lipinski definition) is 2. The molecule has 0 unspecified atom stereocenters. The topological polar surface area (TPSA) is 92.3 Å². The van der Waals surface area contributed by atoms with E-state index in [1.807, 2.05) is 13.8 Å². The van der Waals surface area contributed by atoms with Gasteiger partial charge < -0.3 is 10.6 Å². The van der Waals surface area contributed by atoms with Gasteiger partial charge in [-0.15, -0.1) is 0 Å². The van der Waals surface area contributed by atoms with Gasteiger partial charge in [0.2, 0.25) is 11.8 Å². The van der Waals surface area contributed by atoms with Crippen molar-refractivity contribution in [1.29, 1.82) is 0 Å². The first-order valence-corrected chi connectivity index (χ1v) is 9.37. The average Bonchev–Trinajstić information content (AvgIpc) is 3.14. The molecule has 7 heteroatoms. The van der Waals surface area contributed by atoms with Gasteiger partial charge in [-0.1, -0.05) is 13.8 Å². The Morgan fingerprint density at radius 2 is 1.81 bits per heavy atom. The summed E-state index contributed by atoms with van der Waals surface area (Å²) in [6, 6.07) is 0.359. The van der Waals surface area contributed by atoms with Gasteiger partial charge in [-0.05, 0) is 25.2 Å². The van der Waals surface area contributed by atoms with Gasteiger partial charge in [-0.3, -0.25) is 9.59 Å². The van der Waals surface area contributed by atoms with Crippen molar-refractivity contribution in [2.75, 3.05) is 18.1 Å². The van der Waals surface area contributed by atoms with E-state index in [-0.39, 0.29) is 35.7 Å². The lowest BCUT2D eigenvalue weighted by molar-refractivity contribution is -0.122. The third-order valence-corrected chi connectivity index (χ3v) is 5.07. The molecule has 0 aromatic heterocycles. The largest absolute Gasteiger partial charge is 0.356 e. The van der Waals surface area contributed by atoms with Crippen LogP contribution >= 0.6 is 0 Å². The Hall–Kier alpha value is -1.11. The SMILES string of the molecule is CC(C)CS(=O)(=O)CCC(=O)NCCCC(=O)NC1CC1. The summed E-state index contributed by atoms with van der Waals surface area (Å²) < 4.78 is 23.3. The number of sulfone groups is 1. The van der Waals surface area contributed by atoms with Crippen molar-refractivity contribution < 1.29 is 18.0 Å². The second-order valence-corrected chi connectivity index (χ2v) is 8.28. The molecule has 6 nitrogen and oxygen atoms in total. The molecule has 0 spiro atoms. The maximum atomic E-state index is 11.6. The van der Waals surface area contributed by atoms with Crippen LogP contribution in [-0.2, 0) is 19.4 Å². The summed E-state index contributed by atoms with van der Waals surface area (Å²) in [5.41, 5.74) is 0. The van der Waals surface area contributed by atoms with E-state index in [4.69, 9.17) is 0 Å². The smallest absolute Gasteiger partial charge is 0.221 e. The molecule has 0 aromatic carbocycles. The van der Waals surface area contributed by atoms with Crippen LogP contribution in [-0.4, -0.2) is 44.3 Å². The normalized spacial score (nSPS) is 15.0. The minimum Gasteiger partial charge on any atom is -0.356 e. The number of carbonyl (C=O) groups is 2. The van der Waals surface area contributed by atoms with Crippen LogP contribution in [0.25, 0.3) is 0 Å². The van der Waals surface area contributed by atoms with Gasteiger partial charge in [0.05, 0.1) is 11.5 Å². The fourth-order valence-electron chi connectivity index (χ4n) is 1.93. The van der Waals surface area contributed by atoms with Crippen LogP contribution in [0.3, 0.4) is 0 Å². The van der Waals surface area contributed by atoms with Crippen molar-refractivity contribution in [3.8, 4) is 0 Å². The lowest BCUT2D eigenvalue weighted by atomic mass is 10.3. The Morgan fingerprint density at radius 3 is 2.38 bits per heavy atom. The predicted molar refractivity (Wildman–Crippen MR) is 81.5 cm³/mol. The zero-order valence-corrected chi connectivity index (χ0v) is 13.7. The molecule has 1 aliphatic carbocycles. The summed E-state index contributed by atoms with van der Waals surface area (Å²) in [6.07, 6.45) is 3.08. The van der Waals surface area contributed by atoms with E-state index in [0.717, 1.165) is 12.8 Å². The zero-order valence-electron chi connectivity index (χ0n) is 12.9. The first kappa shape index (κ1) is 17.9. The first-order chi connectivity index (χ1) is 9.78. The summed E-state index contributed by atoms with van der Waals surface area (Å²) >= 11 is 0. The maximum absolute atomic E-state index is 11.6. The summed E-state index contributed by atoms with van der Waals surface area (Å²) in [4.78, 5) is 22.9. The van der Waals surface area contributed by atoms with Gasteiger partial charge in [0.25, 0.3) is 0 Å². The van der Waals surface area contributed by atoms with Crippen LogP contribution < -0.4 is 10.6 Å². The molecule has 1 rings (SSSR count). The maximum Gasteiger partial charge on any atom is 0.221 e. The molecule has 0 heterocycles. The van der Waals surface area contributed by atoms with Crippen molar-refractivity contribution in [2.45, 2.75) is 52.0 Å².